The SMILES string of the molecule is CC(=O)OC1CCCN(Cc2ccc(Br)cc2)C1. The Morgan fingerprint density at radius 3 is 2.83 bits per heavy atom. The second-order valence-corrected chi connectivity index (χ2v) is 5.65. The molecule has 1 atom stereocenters. The Balaban J connectivity index is 1.89. The van der Waals surface area contributed by atoms with Crippen LogP contribution in [0.15, 0.2) is 28.7 Å². The molecule has 1 aromatic carbocycles. The first kappa shape index (κ1) is 13.6. The highest BCUT2D eigenvalue weighted by molar-refractivity contribution is 9.10. The van der Waals surface area contributed by atoms with Crippen LogP contribution in [0.25, 0.3) is 0 Å². The van der Waals surface area contributed by atoms with Crippen molar-refractivity contribution in [3.8, 4) is 0 Å². The van der Waals surface area contributed by atoms with E-state index in [0.717, 1.165) is 36.9 Å². The summed E-state index contributed by atoms with van der Waals surface area (Å²) < 4.78 is 6.39. The van der Waals surface area contributed by atoms with Crippen molar-refractivity contribution < 1.29 is 9.53 Å². The minimum atomic E-state index is -0.175. The zero-order valence-corrected chi connectivity index (χ0v) is 12.1. The fourth-order valence-corrected chi connectivity index (χ4v) is 2.60. The Bertz CT molecular complexity index is 405. The molecule has 2 rings (SSSR count). The Kier molecular flexibility index (Phi) is 4.78. The molecule has 0 N–H and O–H groups in total. The van der Waals surface area contributed by atoms with Crippen molar-refractivity contribution in [2.75, 3.05) is 13.1 Å². The molecule has 0 radical (unpaired) electrons. The van der Waals surface area contributed by atoms with E-state index in [4.69, 9.17) is 4.74 Å². The summed E-state index contributed by atoms with van der Waals surface area (Å²) in [5.41, 5.74) is 1.29. The van der Waals surface area contributed by atoms with E-state index in [-0.39, 0.29) is 12.1 Å². The topological polar surface area (TPSA) is 29.5 Å². The Morgan fingerprint density at radius 1 is 1.44 bits per heavy atom. The zero-order chi connectivity index (χ0) is 13.0. The maximum atomic E-state index is 11.0. The summed E-state index contributed by atoms with van der Waals surface area (Å²) in [4.78, 5) is 13.3. The monoisotopic (exact) mass is 311 g/mol. The second-order valence-electron chi connectivity index (χ2n) is 4.74. The van der Waals surface area contributed by atoms with Gasteiger partial charge < -0.3 is 4.74 Å². The Morgan fingerprint density at radius 2 is 2.17 bits per heavy atom. The summed E-state index contributed by atoms with van der Waals surface area (Å²) in [6.45, 7) is 4.32. The number of hydrogen-bond donors (Lipinski definition) is 0. The third-order valence-electron chi connectivity index (χ3n) is 3.11. The normalized spacial score (nSPS) is 20.7. The van der Waals surface area contributed by atoms with Crippen molar-refractivity contribution in [2.24, 2.45) is 0 Å². The first-order chi connectivity index (χ1) is 8.63. The van der Waals surface area contributed by atoms with E-state index in [0.29, 0.717) is 0 Å². The van der Waals surface area contributed by atoms with Gasteiger partial charge in [0.25, 0.3) is 0 Å². The standard InChI is InChI=1S/C14H18BrNO2/c1-11(17)18-14-3-2-8-16(10-14)9-12-4-6-13(15)7-5-12/h4-7,14H,2-3,8-10H2,1H3. The number of esters is 1. The summed E-state index contributed by atoms with van der Waals surface area (Å²) in [5, 5.41) is 0. The van der Waals surface area contributed by atoms with Crippen LogP contribution >= 0.6 is 15.9 Å². The quantitative estimate of drug-likeness (QED) is 0.804. The lowest BCUT2D eigenvalue weighted by Crippen LogP contribution is -2.39. The second kappa shape index (κ2) is 6.34. The molecule has 3 nitrogen and oxygen atoms in total. The molecule has 0 amide bonds. The van der Waals surface area contributed by atoms with Gasteiger partial charge in [-0.3, -0.25) is 9.69 Å². The molecule has 0 aromatic heterocycles. The van der Waals surface area contributed by atoms with E-state index >= 15 is 0 Å². The van der Waals surface area contributed by atoms with Gasteiger partial charge in [-0.05, 0) is 37.1 Å². The largest absolute Gasteiger partial charge is 0.461 e. The van der Waals surface area contributed by atoms with Gasteiger partial charge in [0.05, 0.1) is 0 Å². The number of nitrogens with zero attached hydrogens (tertiary/aromatic N) is 1. The van der Waals surface area contributed by atoms with E-state index in [1.54, 1.807) is 0 Å². The molecule has 98 valence electrons. The van der Waals surface area contributed by atoms with Crippen LogP contribution in [0.4, 0.5) is 0 Å². The van der Waals surface area contributed by atoms with Crippen LogP contribution in [0.5, 0.6) is 0 Å². The molecule has 0 aliphatic carbocycles. The van der Waals surface area contributed by atoms with E-state index in [1.165, 1.54) is 12.5 Å². The molecular formula is C14H18BrNO2. The summed E-state index contributed by atoms with van der Waals surface area (Å²) in [6.07, 6.45) is 2.14. The molecule has 1 saturated heterocycles. The van der Waals surface area contributed by atoms with E-state index in [1.807, 2.05) is 0 Å². The maximum absolute atomic E-state index is 11.0. The van der Waals surface area contributed by atoms with Gasteiger partial charge in [0.15, 0.2) is 0 Å². The van der Waals surface area contributed by atoms with Crippen molar-refractivity contribution in [1.29, 1.82) is 0 Å². The molecule has 1 aromatic rings. The van der Waals surface area contributed by atoms with Gasteiger partial charge in [-0.1, -0.05) is 28.1 Å². The van der Waals surface area contributed by atoms with Gasteiger partial charge in [-0.2, -0.15) is 0 Å². The van der Waals surface area contributed by atoms with Gasteiger partial charge in [-0.15, -0.1) is 0 Å². The molecule has 1 fully saturated rings. The number of carbonyl (C=O) groups is 1. The third kappa shape index (κ3) is 4.10. The van der Waals surface area contributed by atoms with Crippen LogP contribution in [-0.2, 0) is 16.1 Å². The van der Waals surface area contributed by atoms with Gasteiger partial charge in [0.1, 0.15) is 6.10 Å². The molecule has 1 aliphatic heterocycles. The molecule has 18 heavy (non-hydrogen) atoms. The van der Waals surface area contributed by atoms with Crippen LogP contribution in [0, 0.1) is 0 Å². The van der Waals surface area contributed by atoms with E-state index in [9.17, 15) is 4.79 Å². The van der Waals surface area contributed by atoms with Gasteiger partial charge in [0, 0.05) is 24.5 Å². The van der Waals surface area contributed by atoms with Crippen LogP contribution < -0.4 is 0 Å². The molecule has 0 spiro atoms. The molecule has 1 unspecified atom stereocenters. The lowest BCUT2D eigenvalue weighted by Gasteiger charge is -2.32. The zero-order valence-electron chi connectivity index (χ0n) is 10.6. The first-order valence-electron chi connectivity index (χ1n) is 6.27. The first-order valence-corrected chi connectivity index (χ1v) is 7.07. The lowest BCUT2D eigenvalue weighted by molar-refractivity contribution is -0.148. The van der Waals surface area contributed by atoms with Crippen molar-refractivity contribution in [3.05, 3.63) is 34.3 Å². The number of carbonyl (C=O) groups excluding carboxylic acids is 1. The lowest BCUT2D eigenvalue weighted by atomic mass is 10.1. The third-order valence-corrected chi connectivity index (χ3v) is 3.64. The summed E-state index contributed by atoms with van der Waals surface area (Å²) in [6, 6.07) is 8.37. The van der Waals surface area contributed by atoms with Gasteiger partial charge in [-0.25, -0.2) is 0 Å². The highest BCUT2D eigenvalue weighted by atomic mass is 79.9. The molecule has 1 heterocycles. The molecule has 0 bridgehead atoms. The fourth-order valence-electron chi connectivity index (χ4n) is 2.34. The number of benzene rings is 1. The number of rotatable bonds is 3. The molecule has 1 aliphatic rings. The number of halogens is 1. The number of ether oxygens (including phenoxy) is 1. The molecule has 4 heteroatoms. The smallest absolute Gasteiger partial charge is 0.302 e. The Labute approximate surface area is 116 Å². The number of likely N-dealkylation sites (tertiary alicyclic amines) is 1. The van der Waals surface area contributed by atoms with Crippen molar-refractivity contribution in [3.63, 3.8) is 0 Å². The van der Waals surface area contributed by atoms with Crippen molar-refractivity contribution in [2.45, 2.75) is 32.4 Å². The average Bonchev–Trinajstić information content (AvgIpc) is 2.32. The molecule has 0 saturated carbocycles. The van der Waals surface area contributed by atoms with Crippen LogP contribution in [0.2, 0.25) is 0 Å². The predicted octanol–water partition coefficient (Wildman–Crippen LogP) is 2.98. The van der Waals surface area contributed by atoms with Gasteiger partial charge >= 0.3 is 5.97 Å². The van der Waals surface area contributed by atoms with Crippen molar-refractivity contribution >= 4 is 21.9 Å². The van der Waals surface area contributed by atoms with Crippen LogP contribution in [0.1, 0.15) is 25.3 Å². The van der Waals surface area contributed by atoms with Crippen LogP contribution in [0.3, 0.4) is 0 Å². The Hall–Kier alpha value is -0.870. The number of piperidine rings is 1. The average molecular weight is 312 g/mol. The predicted molar refractivity (Wildman–Crippen MR) is 74.2 cm³/mol. The minimum Gasteiger partial charge on any atom is -0.461 e. The fraction of sp³-hybridized carbons (Fsp3) is 0.500. The van der Waals surface area contributed by atoms with Crippen molar-refractivity contribution in [1.82, 2.24) is 4.90 Å². The summed E-state index contributed by atoms with van der Waals surface area (Å²) >= 11 is 3.44. The molecular weight excluding hydrogens is 294 g/mol. The summed E-state index contributed by atoms with van der Waals surface area (Å²) in [7, 11) is 0. The van der Waals surface area contributed by atoms with E-state index in [2.05, 4.69) is 45.1 Å². The highest BCUT2D eigenvalue weighted by Crippen LogP contribution is 2.17. The van der Waals surface area contributed by atoms with Crippen LogP contribution in [-0.4, -0.2) is 30.1 Å². The maximum Gasteiger partial charge on any atom is 0.302 e. The van der Waals surface area contributed by atoms with Gasteiger partial charge in [0.2, 0.25) is 0 Å². The number of hydrogen-bond acceptors (Lipinski definition) is 3. The van der Waals surface area contributed by atoms with E-state index < -0.39 is 0 Å². The highest BCUT2D eigenvalue weighted by Gasteiger charge is 2.21. The summed E-state index contributed by atoms with van der Waals surface area (Å²) in [5.74, 6) is -0.175. The minimum absolute atomic E-state index is 0.0618.